The molecule has 0 saturated carbocycles. The second kappa shape index (κ2) is 9.97. The topological polar surface area (TPSA) is 62.2 Å². The molecule has 178 valence electrons. The van der Waals surface area contributed by atoms with Crippen molar-refractivity contribution in [1.82, 2.24) is 24.8 Å². The molecule has 0 N–H and O–H groups in total. The Balaban J connectivity index is 1.17. The molecule has 0 spiro atoms. The van der Waals surface area contributed by atoms with Crippen LogP contribution in [0.2, 0.25) is 0 Å². The Morgan fingerprint density at radius 1 is 0.833 bits per heavy atom. The fourth-order valence-electron chi connectivity index (χ4n) is 4.60. The predicted octanol–water partition coefficient (Wildman–Crippen LogP) is 5.38. The van der Waals surface area contributed by atoms with E-state index in [0.29, 0.717) is 24.3 Å². The third kappa shape index (κ3) is 4.63. The molecule has 0 atom stereocenters. The van der Waals surface area contributed by atoms with Crippen LogP contribution in [0.25, 0.3) is 32.9 Å². The molecule has 1 aliphatic rings. The number of para-hydroxylation sites is 1. The summed E-state index contributed by atoms with van der Waals surface area (Å²) in [4.78, 5) is 32.0. The summed E-state index contributed by atoms with van der Waals surface area (Å²) in [6.07, 6.45) is 1.75. The number of piperazine rings is 1. The van der Waals surface area contributed by atoms with Gasteiger partial charge in [0.15, 0.2) is 0 Å². The number of thiazole rings is 1. The van der Waals surface area contributed by atoms with Gasteiger partial charge in [0.05, 0.1) is 28.2 Å². The third-order valence-electron chi connectivity index (χ3n) is 6.49. The quantitative estimate of drug-likeness (QED) is 0.330. The number of fused-ring (bicyclic) bond motifs is 1. The van der Waals surface area contributed by atoms with Gasteiger partial charge in [0.1, 0.15) is 5.01 Å². The van der Waals surface area contributed by atoms with Gasteiger partial charge in [-0.1, -0.05) is 54.6 Å². The van der Waals surface area contributed by atoms with Crippen molar-refractivity contribution in [2.75, 3.05) is 26.2 Å². The number of carbonyl (C=O) groups is 1. The summed E-state index contributed by atoms with van der Waals surface area (Å²) in [6.45, 7) is 3.81. The third-order valence-corrected chi connectivity index (χ3v) is 7.43. The van der Waals surface area contributed by atoms with E-state index in [9.17, 15) is 4.79 Å². The van der Waals surface area contributed by atoms with Gasteiger partial charge in [-0.2, -0.15) is 0 Å². The summed E-state index contributed by atoms with van der Waals surface area (Å²) in [7, 11) is 0. The largest absolute Gasteiger partial charge is 0.336 e. The van der Waals surface area contributed by atoms with Gasteiger partial charge in [0, 0.05) is 55.3 Å². The fraction of sp³-hybridized carbons (Fsp3) is 0.172. The Kier molecular flexibility index (Phi) is 6.24. The van der Waals surface area contributed by atoms with Gasteiger partial charge in [-0.25, -0.2) is 9.97 Å². The number of nitrogens with zero attached hydrogens (tertiary/aromatic N) is 5. The van der Waals surface area contributed by atoms with Gasteiger partial charge in [-0.15, -0.1) is 11.3 Å². The summed E-state index contributed by atoms with van der Waals surface area (Å²) in [5.74, 6) is 0.0467. The molecule has 1 aliphatic heterocycles. The molecule has 0 aliphatic carbocycles. The first kappa shape index (κ1) is 22.5. The number of benzene rings is 2. The van der Waals surface area contributed by atoms with E-state index < -0.39 is 0 Å². The molecule has 6 nitrogen and oxygen atoms in total. The van der Waals surface area contributed by atoms with E-state index in [2.05, 4.69) is 27.4 Å². The van der Waals surface area contributed by atoms with Crippen molar-refractivity contribution in [2.45, 2.75) is 6.54 Å². The maximum Gasteiger partial charge on any atom is 0.254 e. The van der Waals surface area contributed by atoms with E-state index in [4.69, 9.17) is 9.97 Å². The Morgan fingerprint density at radius 3 is 2.42 bits per heavy atom. The van der Waals surface area contributed by atoms with E-state index >= 15 is 0 Å². The summed E-state index contributed by atoms with van der Waals surface area (Å²) in [6, 6.07) is 25.7. The number of amides is 1. The van der Waals surface area contributed by atoms with Crippen LogP contribution in [0.4, 0.5) is 0 Å². The number of carbonyl (C=O) groups excluding carboxylic acids is 1. The lowest BCUT2D eigenvalue weighted by Gasteiger charge is -2.34. The van der Waals surface area contributed by atoms with Crippen molar-refractivity contribution in [2.24, 2.45) is 0 Å². The van der Waals surface area contributed by atoms with Crippen LogP contribution in [-0.2, 0) is 6.54 Å². The van der Waals surface area contributed by atoms with Crippen molar-refractivity contribution in [3.8, 4) is 22.0 Å². The lowest BCUT2D eigenvalue weighted by atomic mass is 10.0. The van der Waals surface area contributed by atoms with E-state index in [1.165, 1.54) is 0 Å². The first-order valence-electron chi connectivity index (χ1n) is 12.1. The van der Waals surface area contributed by atoms with Crippen LogP contribution >= 0.6 is 11.3 Å². The highest BCUT2D eigenvalue weighted by atomic mass is 32.1. The minimum absolute atomic E-state index is 0.0467. The zero-order valence-corrected chi connectivity index (χ0v) is 20.6. The zero-order valence-electron chi connectivity index (χ0n) is 19.7. The van der Waals surface area contributed by atoms with Crippen LogP contribution in [0.5, 0.6) is 0 Å². The zero-order chi connectivity index (χ0) is 24.3. The average molecular weight is 492 g/mol. The molecule has 2 aromatic carbocycles. The molecular weight excluding hydrogens is 466 g/mol. The van der Waals surface area contributed by atoms with Crippen LogP contribution in [-0.4, -0.2) is 56.8 Å². The molecule has 36 heavy (non-hydrogen) atoms. The van der Waals surface area contributed by atoms with Crippen molar-refractivity contribution in [3.05, 3.63) is 102 Å². The maximum atomic E-state index is 13.7. The SMILES string of the molecule is O=C(c1cc(-c2ccccn2)nc2ccccc12)N1CCN(Cc2csc(-c3ccccc3)n2)CC1. The van der Waals surface area contributed by atoms with Crippen LogP contribution in [0.3, 0.4) is 0 Å². The minimum Gasteiger partial charge on any atom is -0.336 e. The molecule has 3 aromatic heterocycles. The van der Waals surface area contributed by atoms with Gasteiger partial charge < -0.3 is 4.90 Å². The molecule has 0 unspecified atom stereocenters. The van der Waals surface area contributed by atoms with Gasteiger partial charge in [0.2, 0.25) is 0 Å². The standard InChI is InChI=1S/C29H25N5OS/c35-29(24-18-27(26-12-6-7-13-30-26)32-25-11-5-4-10-23(24)25)34-16-14-33(15-17-34)19-22-20-36-28(31-22)21-8-2-1-3-9-21/h1-13,18,20H,14-17,19H2. The van der Waals surface area contributed by atoms with Crippen LogP contribution in [0.15, 0.2) is 90.4 Å². The van der Waals surface area contributed by atoms with Gasteiger partial charge >= 0.3 is 0 Å². The first-order valence-corrected chi connectivity index (χ1v) is 13.0. The molecule has 4 heterocycles. The lowest BCUT2D eigenvalue weighted by Crippen LogP contribution is -2.48. The van der Waals surface area contributed by atoms with E-state index in [1.54, 1.807) is 17.5 Å². The molecule has 0 bridgehead atoms. The van der Waals surface area contributed by atoms with Crippen LogP contribution < -0.4 is 0 Å². The highest BCUT2D eigenvalue weighted by molar-refractivity contribution is 7.13. The minimum atomic E-state index is 0.0467. The Hall–Kier alpha value is -3.94. The van der Waals surface area contributed by atoms with Crippen molar-refractivity contribution >= 4 is 28.1 Å². The second-order valence-corrected chi connectivity index (χ2v) is 9.72. The van der Waals surface area contributed by atoms with Gasteiger partial charge in [0.25, 0.3) is 5.91 Å². The Labute approximate surface area is 213 Å². The Bertz CT molecular complexity index is 1490. The number of hydrogen-bond acceptors (Lipinski definition) is 6. The van der Waals surface area contributed by atoms with Crippen molar-refractivity contribution in [3.63, 3.8) is 0 Å². The maximum absolute atomic E-state index is 13.7. The normalized spacial score (nSPS) is 14.3. The smallest absolute Gasteiger partial charge is 0.254 e. The Morgan fingerprint density at radius 2 is 1.61 bits per heavy atom. The average Bonchev–Trinajstić information content (AvgIpc) is 3.42. The molecule has 0 radical (unpaired) electrons. The molecule has 1 fully saturated rings. The van der Waals surface area contributed by atoms with Crippen molar-refractivity contribution in [1.29, 1.82) is 0 Å². The number of hydrogen-bond donors (Lipinski definition) is 0. The molecule has 7 heteroatoms. The number of rotatable bonds is 5. The number of pyridine rings is 2. The summed E-state index contributed by atoms with van der Waals surface area (Å²) >= 11 is 1.68. The van der Waals surface area contributed by atoms with Gasteiger partial charge in [-0.3, -0.25) is 14.7 Å². The second-order valence-electron chi connectivity index (χ2n) is 8.87. The van der Waals surface area contributed by atoms with E-state index in [0.717, 1.165) is 52.5 Å². The highest BCUT2D eigenvalue weighted by Crippen LogP contribution is 2.26. The molecule has 1 amide bonds. The number of aromatic nitrogens is 3. The fourth-order valence-corrected chi connectivity index (χ4v) is 5.42. The molecule has 5 aromatic rings. The van der Waals surface area contributed by atoms with E-state index in [-0.39, 0.29) is 5.91 Å². The summed E-state index contributed by atoms with van der Waals surface area (Å²) in [5.41, 5.74) is 5.20. The molecule has 1 saturated heterocycles. The van der Waals surface area contributed by atoms with Gasteiger partial charge in [-0.05, 0) is 24.3 Å². The predicted molar refractivity (Wildman–Crippen MR) is 144 cm³/mol. The van der Waals surface area contributed by atoms with Crippen LogP contribution in [0, 0.1) is 0 Å². The molecule has 6 rings (SSSR count). The summed E-state index contributed by atoms with van der Waals surface area (Å²) in [5, 5.41) is 4.07. The van der Waals surface area contributed by atoms with E-state index in [1.807, 2.05) is 71.6 Å². The monoisotopic (exact) mass is 491 g/mol. The summed E-state index contributed by atoms with van der Waals surface area (Å²) < 4.78 is 0. The molecular formula is C29H25N5OS. The highest BCUT2D eigenvalue weighted by Gasteiger charge is 2.25. The van der Waals surface area contributed by atoms with Crippen LogP contribution in [0.1, 0.15) is 16.1 Å². The van der Waals surface area contributed by atoms with Crippen molar-refractivity contribution < 1.29 is 4.79 Å². The first-order chi connectivity index (χ1) is 17.7. The lowest BCUT2D eigenvalue weighted by molar-refractivity contribution is 0.0629.